The van der Waals surface area contributed by atoms with Crippen molar-refractivity contribution in [1.29, 1.82) is 0 Å². The lowest BCUT2D eigenvalue weighted by Crippen LogP contribution is -2.35. The number of ether oxygens (including phenoxy) is 1. The number of nitrogens with one attached hydrogen (secondary N) is 1. The highest BCUT2D eigenvalue weighted by Gasteiger charge is 2.19. The van der Waals surface area contributed by atoms with E-state index in [0.29, 0.717) is 5.95 Å². The number of hydrogen-bond acceptors (Lipinski definition) is 5. The van der Waals surface area contributed by atoms with Gasteiger partial charge in [-0.25, -0.2) is 9.97 Å². The van der Waals surface area contributed by atoms with Crippen LogP contribution in [0.4, 0.5) is 11.6 Å². The van der Waals surface area contributed by atoms with Crippen molar-refractivity contribution in [3.8, 4) is 5.75 Å². The topological polar surface area (TPSA) is 50.3 Å². The van der Waals surface area contributed by atoms with Crippen LogP contribution in [0.3, 0.4) is 0 Å². The van der Waals surface area contributed by atoms with Gasteiger partial charge in [-0.3, -0.25) is 0 Å². The molecule has 140 valence electrons. The van der Waals surface area contributed by atoms with E-state index in [9.17, 15) is 0 Å². The predicted molar refractivity (Wildman–Crippen MR) is 113 cm³/mol. The number of piperidine rings is 1. The summed E-state index contributed by atoms with van der Waals surface area (Å²) in [6.45, 7) is 4.21. The summed E-state index contributed by atoms with van der Waals surface area (Å²) >= 11 is 3.63. The first kappa shape index (κ1) is 18.2. The molecule has 1 aliphatic rings. The Hall–Kier alpha value is -2.18. The van der Waals surface area contributed by atoms with Gasteiger partial charge in [0.15, 0.2) is 0 Å². The number of fused-ring (bicyclic) bond motifs is 1. The van der Waals surface area contributed by atoms with E-state index in [1.807, 2.05) is 30.5 Å². The number of aromatic nitrogens is 2. The zero-order valence-electron chi connectivity index (χ0n) is 15.6. The van der Waals surface area contributed by atoms with Gasteiger partial charge in [0.05, 0.1) is 9.99 Å². The summed E-state index contributed by atoms with van der Waals surface area (Å²) in [5.74, 6) is 1.43. The van der Waals surface area contributed by atoms with Crippen LogP contribution in [0.25, 0.3) is 10.9 Å². The molecular formula is C21H23BrN4O. The van der Waals surface area contributed by atoms with Crippen LogP contribution in [0.5, 0.6) is 5.75 Å². The Morgan fingerprint density at radius 2 is 2.00 bits per heavy atom. The third kappa shape index (κ3) is 4.39. The fourth-order valence-electron chi connectivity index (χ4n) is 3.32. The third-order valence-electron chi connectivity index (χ3n) is 4.87. The molecule has 5 nitrogen and oxygen atoms in total. The van der Waals surface area contributed by atoms with Crippen molar-refractivity contribution in [3.05, 3.63) is 52.6 Å². The highest BCUT2D eigenvalue weighted by Crippen LogP contribution is 2.32. The summed E-state index contributed by atoms with van der Waals surface area (Å²) in [4.78, 5) is 11.5. The number of halogens is 1. The van der Waals surface area contributed by atoms with E-state index < -0.39 is 0 Å². The monoisotopic (exact) mass is 426 g/mol. The van der Waals surface area contributed by atoms with Gasteiger partial charge in [-0.1, -0.05) is 12.1 Å². The summed E-state index contributed by atoms with van der Waals surface area (Å²) in [7, 11) is 2.15. The molecule has 0 saturated carbocycles. The lowest BCUT2D eigenvalue weighted by atomic mass is 10.1. The fraction of sp³-hybridized carbons (Fsp3) is 0.333. The first-order valence-corrected chi connectivity index (χ1v) is 10.0. The first-order chi connectivity index (χ1) is 13.1. The standard InChI is InChI=1S/C21H23BrN4O/c1-14-4-3-5-16(10-14)24-21-23-13-15-11-18(22)20(12-19(15)25-21)27-17-6-8-26(2)9-7-17/h3-5,10-13,17H,6-9H2,1-2H3,(H,23,24,25). The quantitative estimate of drug-likeness (QED) is 0.641. The molecule has 0 aliphatic carbocycles. The van der Waals surface area contributed by atoms with Gasteiger partial charge < -0.3 is 15.0 Å². The molecule has 0 spiro atoms. The molecule has 2 heterocycles. The molecule has 0 unspecified atom stereocenters. The summed E-state index contributed by atoms with van der Waals surface area (Å²) < 4.78 is 7.20. The lowest BCUT2D eigenvalue weighted by molar-refractivity contribution is 0.114. The van der Waals surface area contributed by atoms with Crippen LogP contribution in [0.1, 0.15) is 18.4 Å². The number of aryl methyl sites for hydroxylation is 1. The van der Waals surface area contributed by atoms with E-state index in [-0.39, 0.29) is 6.10 Å². The second kappa shape index (κ2) is 7.82. The molecule has 1 N–H and O–H groups in total. The Morgan fingerprint density at radius 3 is 2.78 bits per heavy atom. The number of rotatable bonds is 4. The van der Waals surface area contributed by atoms with Gasteiger partial charge in [0.25, 0.3) is 0 Å². The van der Waals surface area contributed by atoms with Crippen LogP contribution in [0.15, 0.2) is 47.1 Å². The van der Waals surface area contributed by atoms with E-state index in [1.165, 1.54) is 5.56 Å². The molecule has 27 heavy (non-hydrogen) atoms. The Morgan fingerprint density at radius 1 is 1.19 bits per heavy atom. The molecule has 0 radical (unpaired) electrons. The lowest BCUT2D eigenvalue weighted by Gasteiger charge is -2.29. The molecule has 1 fully saturated rings. The molecule has 0 amide bonds. The minimum Gasteiger partial charge on any atom is -0.489 e. The molecular weight excluding hydrogens is 404 g/mol. The van der Waals surface area contributed by atoms with Crippen LogP contribution in [0, 0.1) is 6.92 Å². The van der Waals surface area contributed by atoms with Gasteiger partial charge in [0, 0.05) is 36.4 Å². The third-order valence-corrected chi connectivity index (χ3v) is 5.49. The van der Waals surface area contributed by atoms with Gasteiger partial charge in [0.1, 0.15) is 11.9 Å². The number of hydrogen-bond donors (Lipinski definition) is 1. The second-order valence-electron chi connectivity index (χ2n) is 7.15. The summed E-state index contributed by atoms with van der Waals surface area (Å²) in [6, 6.07) is 12.2. The van der Waals surface area contributed by atoms with Gasteiger partial charge in [0.2, 0.25) is 5.95 Å². The highest BCUT2D eigenvalue weighted by molar-refractivity contribution is 9.10. The molecule has 1 saturated heterocycles. The number of anilines is 2. The zero-order valence-corrected chi connectivity index (χ0v) is 17.2. The Balaban J connectivity index is 1.57. The van der Waals surface area contributed by atoms with E-state index in [0.717, 1.165) is 52.7 Å². The molecule has 2 aromatic carbocycles. The Labute approximate surface area is 167 Å². The van der Waals surface area contributed by atoms with Gasteiger partial charge >= 0.3 is 0 Å². The van der Waals surface area contributed by atoms with Crippen LogP contribution in [-0.2, 0) is 0 Å². The molecule has 0 atom stereocenters. The summed E-state index contributed by atoms with van der Waals surface area (Å²) in [5, 5.41) is 4.26. The number of nitrogens with zero attached hydrogens (tertiary/aromatic N) is 3. The van der Waals surface area contributed by atoms with Crippen LogP contribution >= 0.6 is 15.9 Å². The van der Waals surface area contributed by atoms with Crippen molar-refractivity contribution in [1.82, 2.24) is 14.9 Å². The SMILES string of the molecule is Cc1cccc(Nc2ncc3cc(Br)c(OC4CCN(C)CC4)cc3n2)c1. The van der Waals surface area contributed by atoms with Crippen LogP contribution < -0.4 is 10.1 Å². The molecule has 4 rings (SSSR count). The minimum absolute atomic E-state index is 0.252. The van der Waals surface area contributed by atoms with Crippen molar-refractivity contribution >= 4 is 38.5 Å². The van der Waals surface area contributed by atoms with Gasteiger partial charge in [-0.2, -0.15) is 0 Å². The molecule has 3 aromatic rings. The van der Waals surface area contributed by atoms with Crippen LogP contribution in [0.2, 0.25) is 0 Å². The predicted octanol–water partition coefficient (Wildman–Crippen LogP) is 4.92. The van der Waals surface area contributed by atoms with Crippen molar-refractivity contribution in [3.63, 3.8) is 0 Å². The summed E-state index contributed by atoms with van der Waals surface area (Å²) in [5.41, 5.74) is 3.04. The van der Waals surface area contributed by atoms with Crippen molar-refractivity contribution in [2.75, 3.05) is 25.5 Å². The Bertz CT molecular complexity index is 954. The fourth-order valence-corrected chi connectivity index (χ4v) is 3.77. The maximum atomic E-state index is 6.26. The molecule has 6 heteroatoms. The van der Waals surface area contributed by atoms with E-state index in [4.69, 9.17) is 4.74 Å². The smallest absolute Gasteiger partial charge is 0.227 e. The average molecular weight is 427 g/mol. The van der Waals surface area contributed by atoms with E-state index >= 15 is 0 Å². The largest absolute Gasteiger partial charge is 0.489 e. The number of likely N-dealkylation sites (tertiary alicyclic amines) is 1. The van der Waals surface area contributed by atoms with Crippen LogP contribution in [-0.4, -0.2) is 41.1 Å². The summed E-state index contributed by atoms with van der Waals surface area (Å²) in [6.07, 6.45) is 4.18. The minimum atomic E-state index is 0.252. The number of benzene rings is 2. The normalized spacial score (nSPS) is 15.8. The van der Waals surface area contributed by atoms with E-state index in [2.05, 4.69) is 62.2 Å². The maximum Gasteiger partial charge on any atom is 0.227 e. The van der Waals surface area contributed by atoms with Crippen molar-refractivity contribution < 1.29 is 4.74 Å². The molecule has 0 bridgehead atoms. The average Bonchev–Trinajstić information content (AvgIpc) is 2.64. The second-order valence-corrected chi connectivity index (χ2v) is 8.00. The highest BCUT2D eigenvalue weighted by atomic mass is 79.9. The van der Waals surface area contributed by atoms with Crippen molar-refractivity contribution in [2.24, 2.45) is 0 Å². The van der Waals surface area contributed by atoms with Gasteiger partial charge in [-0.15, -0.1) is 0 Å². The van der Waals surface area contributed by atoms with E-state index in [1.54, 1.807) is 0 Å². The molecule has 1 aliphatic heterocycles. The van der Waals surface area contributed by atoms with Crippen molar-refractivity contribution in [2.45, 2.75) is 25.9 Å². The van der Waals surface area contributed by atoms with Gasteiger partial charge in [-0.05, 0) is 66.5 Å². The first-order valence-electron chi connectivity index (χ1n) is 9.22. The maximum absolute atomic E-state index is 6.26. The molecule has 1 aromatic heterocycles. The zero-order chi connectivity index (χ0) is 18.8. The Kier molecular flexibility index (Phi) is 5.27.